The highest BCUT2D eigenvalue weighted by Gasteiger charge is 2.26. The molecule has 2 unspecified atom stereocenters. The Bertz CT molecular complexity index is 388. The highest BCUT2D eigenvalue weighted by molar-refractivity contribution is 5.21. The van der Waals surface area contributed by atoms with Gasteiger partial charge in [-0.25, -0.2) is 4.39 Å². The van der Waals surface area contributed by atoms with Gasteiger partial charge in [0.15, 0.2) is 0 Å². The molecule has 106 valence electrons. The summed E-state index contributed by atoms with van der Waals surface area (Å²) in [4.78, 5) is 2.46. The van der Waals surface area contributed by atoms with Crippen molar-refractivity contribution in [3.63, 3.8) is 0 Å². The van der Waals surface area contributed by atoms with Gasteiger partial charge in [-0.1, -0.05) is 25.1 Å². The van der Waals surface area contributed by atoms with E-state index in [-0.39, 0.29) is 11.9 Å². The summed E-state index contributed by atoms with van der Waals surface area (Å²) in [5.41, 5.74) is 0.821. The Labute approximate surface area is 116 Å². The van der Waals surface area contributed by atoms with E-state index in [1.807, 2.05) is 12.1 Å². The number of hydrogen-bond acceptors (Lipinski definition) is 2. The third kappa shape index (κ3) is 3.54. The van der Waals surface area contributed by atoms with Crippen molar-refractivity contribution < 1.29 is 4.39 Å². The molecule has 1 aromatic rings. The summed E-state index contributed by atoms with van der Waals surface area (Å²) in [6.45, 7) is 7.49. The van der Waals surface area contributed by atoms with Crippen LogP contribution in [0.25, 0.3) is 0 Å². The molecule has 1 aliphatic rings. The molecule has 1 aliphatic heterocycles. The van der Waals surface area contributed by atoms with E-state index < -0.39 is 0 Å². The minimum absolute atomic E-state index is 0.0835. The first kappa shape index (κ1) is 14.5. The molecule has 0 saturated carbocycles. The van der Waals surface area contributed by atoms with Gasteiger partial charge >= 0.3 is 0 Å². The predicted octanol–water partition coefficient (Wildman–Crippen LogP) is 3.35. The van der Waals surface area contributed by atoms with Gasteiger partial charge in [-0.05, 0) is 45.3 Å². The van der Waals surface area contributed by atoms with Gasteiger partial charge in [-0.3, -0.25) is 4.90 Å². The molecule has 2 rings (SSSR count). The highest BCUT2D eigenvalue weighted by atomic mass is 19.1. The lowest BCUT2D eigenvalue weighted by atomic mass is 9.99. The average molecular weight is 264 g/mol. The quantitative estimate of drug-likeness (QED) is 0.877. The summed E-state index contributed by atoms with van der Waals surface area (Å²) in [6.07, 6.45) is 3.54. The molecular weight excluding hydrogens is 239 g/mol. The Hall–Kier alpha value is -0.930. The smallest absolute Gasteiger partial charge is 0.127 e. The van der Waals surface area contributed by atoms with Crippen LogP contribution in [-0.2, 0) is 0 Å². The van der Waals surface area contributed by atoms with Crippen molar-refractivity contribution >= 4 is 0 Å². The molecule has 1 aromatic carbocycles. The SMILES string of the molecule is CCCN(C1CCCNC1)C(C)c1ccccc1F. The van der Waals surface area contributed by atoms with E-state index in [9.17, 15) is 4.39 Å². The minimum atomic E-state index is -0.0835. The molecule has 0 amide bonds. The van der Waals surface area contributed by atoms with Gasteiger partial charge in [0.25, 0.3) is 0 Å². The predicted molar refractivity (Wildman–Crippen MR) is 77.7 cm³/mol. The largest absolute Gasteiger partial charge is 0.315 e. The van der Waals surface area contributed by atoms with Crippen molar-refractivity contribution in [2.24, 2.45) is 0 Å². The maximum Gasteiger partial charge on any atom is 0.127 e. The number of nitrogens with one attached hydrogen (secondary N) is 1. The van der Waals surface area contributed by atoms with Crippen LogP contribution in [0, 0.1) is 5.82 Å². The first-order valence-electron chi connectivity index (χ1n) is 7.45. The third-order valence-corrected chi connectivity index (χ3v) is 4.07. The topological polar surface area (TPSA) is 15.3 Å². The van der Waals surface area contributed by atoms with Gasteiger partial charge in [0.1, 0.15) is 5.82 Å². The molecular formula is C16H25FN2. The van der Waals surface area contributed by atoms with Crippen LogP contribution in [0.15, 0.2) is 24.3 Å². The van der Waals surface area contributed by atoms with E-state index >= 15 is 0 Å². The number of hydrogen-bond donors (Lipinski definition) is 1. The van der Waals surface area contributed by atoms with Gasteiger partial charge in [-0.2, -0.15) is 0 Å². The van der Waals surface area contributed by atoms with Crippen molar-refractivity contribution in [3.05, 3.63) is 35.6 Å². The number of rotatable bonds is 5. The molecule has 1 fully saturated rings. The van der Waals surface area contributed by atoms with E-state index in [0.717, 1.165) is 31.6 Å². The Balaban J connectivity index is 2.15. The summed E-state index contributed by atoms with van der Waals surface area (Å²) in [7, 11) is 0. The molecule has 0 radical (unpaired) electrons. The van der Waals surface area contributed by atoms with Crippen molar-refractivity contribution in [1.29, 1.82) is 0 Å². The van der Waals surface area contributed by atoms with Crippen LogP contribution >= 0.6 is 0 Å². The molecule has 2 atom stereocenters. The fourth-order valence-electron chi connectivity index (χ4n) is 3.06. The second kappa shape index (κ2) is 7.01. The second-order valence-electron chi connectivity index (χ2n) is 5.44. The van der Waals surface area contributed by atoms with Gasteiger partial charge in [-0.15, -0.1) is 0 Å². The van der Waals surface area contributed by atoms with Crippen LogP contribution in [0.4, 0.5) is 4.39 Å². The number of nitrogens with zero attached hydrogens (tertiary/aromatic N) is 1. The fraction of sp³-hybridized carbons (Fsp3) is 0.625. The van der Waals surface area contributed by atoms with Crippen molar-refractivity contribution in [3.8, 4) is 0 Å². The summed E-state index contributed by atoms with van der Waals surface area (Å²) in [6, 6.07) is 7.85. The maximum absolute atomic E-state index is 14.0. The lowest BCUT2D eigenvalue weighted by molar-refractivity contribution is 0.118. The van der Waals surface area contributed by atoms with Crippen LogP contribution in [0.2, 0.25) is 0 Å². The van der Waals surface area contributed by atoms with Crippen LogP contribution in [0.1, 0.15) is 44.7 Å². The average Bonchev–Trinajstić information content (AvgIpc) is 2.45. The van der Waals surface area contributed by atoms with E-state index in [4.69, 9.17) is 0 Å². The zero-order valence-electron chi connectivity index (χ0n) is 12.0. The zero-order chi connectivity index (χ0) is 13.7. The summed E-state index contributed by atoms with van der Waals surface area (Å²) < 4.78 is 14.0. The molecule has 0 bridgehead atoms. The molecule has 3 heteroatoms. The van der Waals surface area contributed by atoms with Crippen molar-refractivity contribution in [1.82, 2.24) is 10.2 Å². The van der Waals surface area contributed by atoms with E-state index in [2.05, 4.69) is 24.1 Å². The Morgan fingerprint density at radius 1 is 1.42 bits per heavy atom. The normalized spacial score (nSPS) is 21.6. The summed E-state index contributed by atoms with van der Waals surface area (Å²) >= 11 is 0. The minimum Gasteiger partial charge on any atom is -0.315 e. The number of piperidine rings is 1. The lowest BCUT2D eigenvalue weighted by Gasteiger charge is -2.39. The van der Waals surface area contributed by atoms with E-state index in [0.29, 0.717) is 6.04 Å². The first-order chi connectivity index (χ1) is 9.24. The fourth-order valence-corrected chi connectivity index (χ4v) is 3.06. The monoisotopic (exact) mass is 264 g/mol. The van der Waals surface area contributed by atoms with Crippen LogP contribution < -0.4 is 5.32 Å². The molecule has 0 spiro atoms. The standard InChI is InChI=1S/C16H25FN2/c1-3-11-19(14-7-6-10-18-12-14)13(2)15-8-4-5-9-16(15)17/h4-5,8-9,13-14,18H,3,6-7,10-12H2,1-2H3. The van der Waals surface area contributed by atoms with Gasteiger partial charge in [0, 0.05) is 24.2 Å². The van der Waals surface area contributed by atoms with Gasteiger partial charge in [0.2, 0.25) is 0 Å². The summed E-state index contributed by atoms with van der Waals surface area (Å²) in [5, 5.41) is 3.46. The molecule has 2 nitrogen and oxygen atoms in total. The van der Waals surface area contributed by atoms with Gasteiger partial charge < -0.3 is 5.32 Å². The Morgan fingerprint density at radius 3 is 2.84 bits per heavy atom. The molecule has 19 heavy (non-hydrogen) atoms. The Kier molecular flexibility index (Phi) is 5.34. The van der Waals surface area contributed by atoms with Crippen LogP contribution in [0.5, 0.6) is 0 Å². The highest BCUT2D eigenvalue weighted by Crippen LogP contribution is 2.27. The summed E-state index contributed by atoms with van der Waals surface area (Å²) in [5.74, 6) is -0.0835. The molecule has 0 aromatic heterocycles. The number of halogens is 1. The molecule has 1 saturated heterocycles. The lowest BCUT2D eigenvalue weighted by Crippen LogP contribution is -2.47. The Morgan fingerprint density at radius 2 is 2.21 bits per heavy atom. The maximum atomic E-state index is 14.0. The zero-order valence-corrected chi connectivity index (χ0v) is 12.0. The number of benzene rings is 1. The van der Waals surface area contributed by atoms with Crippen molar-refractivity contribution in [2.75, 3.05) is 19.6 Å². The van der Waals surface area contributed by atoms with Gasteiger partial charge in [0.05, 0.1) is 0 Å². The second-order valence-corrected chi connectivity index (χ2v) is 5.44. The molecule has 1 N–H and O–H groups in total. The van der Waals surface area contributed by atoms with E-state index in [1.54, 1.807) is 12.1 Å². The molecule has 0 aliphatic carbocycles. The van der Waals surface area contributed by atoms with E-state index in [1.165, 1.54) is 12.8 Å². The van der Waals surface area contributed by atoms with Crippen molar-refractivity contribution in [2.45, 2.75) is 45.2 Å². The van der Waals surface area contributed by atoms with Crippen LogP contribution in [-0.4, -0.2) is 30.6 Å². The molecule has 1 heterocycles. The first-order valence-corrected chi connectivity index (χ1v) is 7.45. The van der Waals surface area contributed by atoms with Crippen LogP contribution in [0.3, 0.4) is 0 Å². The third-order valence-electron chi connectivity index (χ3n) is 4.07.